The van der Waals surface area contributed by atoms with Gasteiger partial charge in [-0.05, 0) is 71.4 Å². The predicted octanol–water partition coefficient (Wildman–Crippen LogP) is 6.05. The lowest BCUT2D eigenvalue weighted by molar-refractivity contribution is 0.0527. The fourth-order valence-corrected chi connectivity index (χ4v) is 5.54. The van der Waals surface area contributed by atoms with Crippen LogP contribution in [0.25, 0.3) is 0 Å². The van der Waals surface area contributed by atoms with Crippen LogP contribution in [0.15, 0.2) is 53.0 Å². The molecular weight excluding hydrogens is 490 g/mol. The monoisotopic (exact) mass is 513 g/mol. The molecule has 1 aliphatic rings. The number of benzene rings is 2. The topological polar surface area (TPSA) is 64.6 Å². The van der Waals surface area contributed by atoms with Gasteiger partial charge in [0.1, 0.15) is 10.8 Å². The number of hydrogen-bond donors (Lipinski definition) is 1. The maximum atomic E-state index is 12.9. The number of anilines is 1. The number of rotatable bonds is 8. The summed E-state index contributed by atoms with van der Waals surface area (Å²) in [6.07, 6.45) is 3.61. The molecular formula is C25H24BrNO4S. The molecule has 0 spiro atoms. The first-order chi connectivity index (χ1) is 15.6. The third kappa shape index (κ3) is 5.05. The van der Waals surface area contributed by atoms with Crippen molar-refractivity contribution < 1.29 is 19.1 Å². The molecule has 1 aliphatic carbocycles. The second-order valence-electron chi connectivity index (χ2n) is 7.47. The van der Waals surface area contributed by atoms with Crippen molar-refractivity contribution >= 4 is 44.1 Å². The van der Waals surface area contributed by atoms with Crippen molar-refractivity contribution in [3.63, 3.8) is 0 Å². The Morgan fingerprint density at radius 3 is 2.69 bits per heavy atom. The molecule has 0 saturated heterocycles. The minimum atomic E-state index is -0.370. The van der Waals surface area contributed by atoms with Crippen LogP contribution in [0.4, 0.5) is 5.00 Å². The molecule has 1 heterocycles. The van der Waals surface area contributed by atoms with Crippen LogP contribution in [-0.4, -0.2) is 25.1 Å². The van der Waals surface area contributed by atoms with Crippen molar-refractivity contribution in [3.05, 3.63) is 80.1 Å². The van der Waals surface area contributed by atoms with Gasteiger partial charge in [0.05, 0.1) is 23.2 Å². The molecule has 7 heteroatoms. The van der Waals surface area contributed by atoms with E-state index in [-0.39, 0.29) is 11.9 Å². The molecule has 0 atom stereocenters. The van der Waals surface area contributed by atoms with Gasteiger partial charge in [-0.25, -0.2) is 4.79 Å². The Kier molecular flexibility index (Phi) is 7.27. The molecule has 0 bridgehead atoms. The number of aryl methyl sites for hydroxylation is 1. The van der Waals surface area contributed by atoms with E-state index in [0.717, 1.165) is 36.1 Å². The Morgan fingerprint density at radius 2 is 1.94 bits per heavy atom. The summed E-state index contributed by atoms with van der Waals surface area (Å²) in [5.41, 5.74) is 3.22. The van der Waals surface area contributed by atoms with Crippen LogP contribution in [0.1, 0.15) is 50.1 Å². The van der Waals surface area contributed by atoms with E-state index in [9.17, 15) is 9.59 Å². The molecule has 0 aliphatic heterocycles. The van der Waals surface area contributed by atoms with Gasteiger partial charge in [0.25, 0.3) is 5.91 Å². The fraction of sp³-hybridized carbons (Fsp3) is 0.280. The zero-order valence-corrected chi connectivity index (χ0v) is 20.2. The second kappa shape index (κ2) is 10.3. The summed E-state index contributed by atoms with van der Waals surface area (Å²) in [5, 5.41) is 3.49. The zero-order valence-electron chi connectivity index (χ0n) is 17.8. The van der Waals surface area contributed by atoms with E-state index in [0.29, 0.717) is 39.6 Å². The van der Waals surface area contributed by atoms with Crippen LogP contribution in [0.2, 0.25) is 0 Å². The van der Waals surface area contributed by atoms with E-state index in [1.807, 2.05) is 18.2 Å². The van der Waals surface area contributed by atoms with E-state index >= 15 is 0 Å². The van der Waals surface area contributed by atoms with Gasteiger partial charge in [0.2, 0.25) is 0 Å². The number of amides is 1. The first-order valence-corrected chi connectivity index (χ1v) is 12.3. The molecule has 4 rings (SSSR count). The normalized spacial score (nSPS) is 12.3. The third-order valence-corrected chi connectivity index (χ3v) is 7.14. The number of fused-ring (bicyclic) bond motifs is 1. The minimum Gasteiger partial charge on any atom is -0.492 e. The van der Waals surface area contributed by atoms with Crippen molar-refractivity contribution in [1.29, 1.82) is 0 Å². The van der Waals surface area contributed by atoms with Gasteiger partial charge in [-0.15, -0.1) is 11.3 Å². The molecule has 1 N–H and O–H groups in total. The van der Waals surface area contributed by atoms with Crippen LogP contribution in [0.5, 0.6) is 5.75 Å². The summed E-state index contributed by atoms with van der Waals surface area (Å²) in [7, 11) is 0. The van der Waals surface area contributed by atoms with Gasteiger partial charge in [-0.3, -0.25) is 4.79 Å². The first-order valence-electron chi connectivity index (χ1n) is 10.7. The maximum Gasteiger partial charge on any atom is 0.341 e. The number of thiophene rings is 1. The van der Waals surface area contributed by atoms with Crippen LogP contribution in [0.3, 0.4) is 0 Å². The van der Waals surface area contributed by atoms with Gasteiger partial charge in [-0.2, -0.15) is 0 Å². The zero-order chi connectivity index (χ0) is 22.5. The molecule has 166 valence electrons. The molecule has 3 aromatic rings. The largest absolute Gasteiger partial charge is 0.492 e. The van der Waals surface area contributed by atoms with E-state index in [1.165, 1.54) is 16.9 Å². The molecule has 1 amide bonds. The summed E-state index contributed by atoms with van der Waals surface area (Å²) >= 11 is 4.98. The van der Waals surface area contributed by atoms with Crippen molar-refractivity contribution in [1.82, 2.24) is 0 Å². The lowest BCUT2D eigenvalue weighted by atomic mass is 10.1. The highest BCUT2D eigenvalue weighted by molar-refractivity contribution is 9.10. The summed E-state index contributed by atoms with van der Waals surface area (Å²) in [4.78, 5) is 26.6. The average Bonchev–Trinajstić information content (AvgIpc) is 3.36. The second-order valence-corrected chi connectivity index (χ2v) is 9.42. The molecule has 0 saturated carbocycles. The molecule has 0 radical (unpaired) electrons. The van der Waals surface area contributed by atoms with Crippen molar-refractivity contribution in [2.45, 2.75) is 32.6 Å². The van der Waals surface area contributed by atoms with Gasteiger partial charge in [-0.1, -0.05) is 30.3 Å². The number of nitrogens with one attached hydrogen (secondary N) is 1. The number of halogens is 1. The third-order valence-electron chi connectivity index (χ3n) is 5.31. The number of ether oxygens (including phenoxy) is 2. The summed E-state index contributed by atoms with van der Waals surface area (Å²) in [6.45, 7) is 2.62. The van der Waals surface area contributed by atoms with Gasteiger partial charge < -0.3 is 14.8 Å². The smallest absolute Gasteiger partial charge is 0.341 e. The lowest BCUT2D eigenvalue weighted by Gasteiger charge is -2.11. The highest BCUT2D eigenvalue weighted by Gasteiger charge is 2.28. The number of hydrogen-bond acceptors (Lipinski definition) is 5. The summed E-state index contributed by atoms with van der Waals surface area (Å²) in [5.74, 6) is 0.0392. The Hall–Kier alpha value is -2.64. The lowest BCUT2D eigenvalue weighted by Crippen LogP contribution is -2.15. The van der Waals surface area contributed by atoms with Crippen molar-refractivity contribution in [3.8, 4) is 5.75 Å². The van der Waals surface area contributed by atoms with E-state index in [2.05, 4.69) is 33.4 Å². The van der Waals surface area contributed by atoms with Gasteiger partial charge >= 0.3 is 5.97 Å². The number of carbonyl (C=O) groups is 2. The Balaban J connectivity index is 1.44. The van der Waals surface area contributed by atoms with E-state index < -0.39 is 0 Å². The van der Waals surface area contributed by atoms with Crippen molar-refractivity contribution in [2.75, 3.05) is 18.5 Å². The standard InChI is InChI=1S/C25H24BrNO4S/c1-2-30-25(29)22-18-9-6-10-21(18)32-24(22)27-23(28)17-11-12-20(19(26)15-17)31-14-13-16-7-4-3-5-8-16/h3-5,7-8,11-12,15H,2,6,9-10,13-14H2,1H3,(H,27,28). The van der Waals surface area contributed by atoms with Gasteiger partial charge in [0, 0.05) is 16.9 Å². The van der Waals surface area contributed by atoms with Crippen LogP contribution in [-0.2, 0) is 24.0 Å². The highest BCUT2D eigenvalue weighted by atomic mass is 79.9. The Bertz CT molecular complexity index is 1130. The first kappa shape index (κ1) is 22.6. The maximum absolute atomic E-state index is 12.9. The minimum absolute atomic E-state index is 0.271. The molecule has 1 aromatic heterocycles. The predicted molar refractivity (Wildman–Crippen MR) is 130 cm³/mol. The molecule has 5 nitrogen and oxygen atoms in total. The Labute approximate surface area is 199 Å². The highest BCUT2D eigenvalue weighted by Crippen LogP contribution is 2.40. The quantitative estimate of drug-likeness (QED) is 0.372. The van der Waals surface area contributed by atoms with E-state index in [1.54, 1.807) is 25.1 Å². The fourth-order valence-electron chi connectivity index (χ4n) is 3.77. The molecule has 2 aromatic carbocycles. The van der Waals surface area contributed by atoms with Crippen molar-refractivity contribution in [2.24, 2.45) is 0 Å². The Morgan fingerprint density at radius 1 is 1.12 bits per heavy atom. The van der Waals surface area contributed by atoms with Crippen LogP contribution >= 0.6 is 27.3 Å². The van der Waals surface area contributed by atoms with Gasteiger partial charge in [0.15, 0.2) is 0 Å². The molecule has 0 fully saturated rings. The molecule has 32 heavy (non-hydrogen) atoms. The number of esters is 1. The van der Waals surface area contributed by atoms with Crippen LogP contribution < -0.4 is 10.1 Å². The average molecular weight is 514 g/mol. The van der Waals surface area contributed by atoms with E-state index in [4.69, 9.17) is 9.47 Å². The summed E-state index contributed by atoms with van der Waals surface area (Å²) in [6, 6.07) is 15.4. The SMILES string of the molecule is CCOC(=O)c1c(NC(=O)c2ccc(OCCc3ccccc3)c(Br)c2)sc2c1CCC2. The van der Waals surface area contributed by atoms with Crippen LogP contribution in [0, 0.1) is 0 Å². The number of carbonyl (C=O) groups excluding carboxylic acids is 2. The summed E-state index contributed by atoms with van der Waals surface area (Å²) < 4.78 is 11.8. The molecule has 0 unspecified atom stereocenters.